The molecule has 1 aliphatic heterocycles. The second-order valence-electron chi connectivity index (χ2n) is 6.16. The third-order valence-electron chi connectivity index (χ3n) is 4.69. The van der Waals surface area contributed by atoms with Crippen LogP contribution in [0.1, 0.15) is 30.5 Å². The lowest BCUT2D eigenvalue weighted by Gasteiger charge is -2.30. The fraction of sp³-hybridized carbons (Fsp3) is 0.500. The fourth-order valence-corrected chi connectivity index (χ4v) is 3.56. The number of ether oxygens (including phenoxy) is 1. The first kappa shape index (κ1) is 13.8. The van der Waals surface area contributed by atoms with E-state index >= 15 is 0 Å². The Hall–Kier alpha value is -1.81. The minimum atomic E-state index is 0.814. The van der Waals surface area contributed by atoms with E-state index in [0.717, 1.165) is 44.8 Å². The summed E-state index contributed by atoms with van der Waals surface area (Å²) in [5.41, 5.74) is 3.95. The molecule has 4 heteroatoms. The first-order valence-electron chi connectivity index (χ1n) is 8.42. The number of aryl methyl sites for hydroxylation is 1. The van der Waals surface area contributed by atoms with E-state index in [0.29, 0.717) is 0 Å². The van der Waals surface area contributed by atoms with Crippen molar-refractivity contribution in [3.63, 3.8) is 0 Å². The highest BCUT2D eigenvalue weighted by Gasteiger charge is 2.25. The van der Waals surface area contributed by atoms with Crippen LogP contribution in [0.25, 0.3) is 5.69 Å². The number of morpholine rings is 1. The van der Waals surface area contributed by atoms with Crippen LogP contribution in [0.5, 0.6) is 0 Å². The van der Waals surface area contributed by atoms with E-state index < -0.39 is 0 Å². The summed E-state index contributed by atoms with van der Waals surface area (Å²) in [6.07, 6.45) is 6.15. The van der Waals surface area contributed by atoms with Crippen LogP contribution in [-0.4, -0.2) is 36.1 Å². The molecular formula is C18H23N3O. The Balaban J connectivity index is 1.82. The topological polar surface area (TPSA) is 30.3 Å². The Morgan fingerprint density at radius 1 is 0.909 bits per heavy atom. The summed E-state index contributed by atoms with van der Waals surface area (Å²) in [6.45, 7) is 3.55. The molecule has 116 valence electrons. The summed E-state index contributed by atoms with van der Waals surface area (Å²) in [5, 5.41) is 4.99. The predicted molar refractivity (Wildman–Crippen MR) is 87.9 cm³/mol. The SMILES string of the molecule is c1ccc(-n2nc3c(c2N2CCOCC2)CCCCC3)cc1. The molecule has 0 bridgehead atoms. The molecule has 0 unspecified atom stereocenters. The van der Waals surface area contributed by atoms with E-state index in [9.17, 15) is 0 Å². The molecule has 1 aromatic carbocycles. The number of anilines is 1. The van der Waals surface area contributed by atoms with Crippen LogP contribution in [-0.2, 0) is 17.6 Å². The van der Waals surface area contributed by atoms with Crippen molar-refractivity contribution in [2.75, 3.05) is 31.2 Å². The highest BCUT2D eigenvalue weighted by atomic mass is 16.5. The number of fused-ring (bicyclic) bond motifs is 1. The average molecular weight is 297 g/mol. The molecule has 1 saturated heterocycles. The Labute approximate surface area is 131 Å². The Kier molecular flexibility index (Phi) is 3.85. The van der Waals surface area contributed by atoms with Crippen molar-refractivity contribution < 1.29 is 4.74 Å². The van der Waals surface area contributed by atoms with Gasteiger partial charge in [-0.05, 0) is 37.8 Å². The maximum absolute atomic E-state index is 5.54. The minimum Gasteiger partial charge on any atom is -0.378 e. The van der Waals surface area contributed by atoms with Gasteiger partial charge in [-0.2, -0.15) is 5.10 Å². The maximum Gasteiger partial charge on any atom is 0.136 e. The lowest BCUT2D eigenvalue weighted by molar-refractivity contribution is 0.122. The van der Waals surface area contributed by atoms with E-state index in [1.807, 2.05) is 0 Å². The van der Waals surface area contributed by atoms with Crippen LogP contribution in [0, 0.1) is 0 Å². The molecule has 4 rings (SSSR count). The molecular weight excluding hydrogens is 274 g/mol. The molecule has 0 radical (unpaired) electrons. The van der Waals surface area contributed by atoms with Gasteiger partial charge in [0.15, 0.2) is 0 Å². The number of hydrogen-bond donors (Lipinski definition) is 0. The van der Waals surface area contributed by atoms with Gasteiger partial charge in [0, 0.05) is 18.7 Å². The van der Waals surface area contributed by atoms with Crippen molar-refractivity contribution in [3.8, 4) is 5.69 Å². The zero-order valence-electron chi connectivity index (χ0n) is 13.0. The summed E-state index contributed by atoms with van der Waals surface area (Å²) < 4.78 is 7.71. The fourth-order valence-electron chi connectivity index (χ4n) is 3.56. The average Bonchev–Trinajstić information content (AvgIpc) is 2.79. The largest absolute Gasteiger partial charge is 0.378 e. The molecule has 0 atom stereocenters. The van der Waals surface area contributed by atoms with Crippen LogP contribution in [0.2, 0.25) is 0 Å². The van der Waals surface area contributed by atoms with Crippen molar-refractivity contribution in [1.82, 2.24) is 9.78 Å². The summed E-state index contributed by atoms with van der Waals surface area (Å²) >= 11 is 0. The summed E-state index contributed by atoms with van der Waals surface area (Å²) in [7, 11) is 0. The van der Waals surface area contributed by atoms with Crippen molar-refractivity contribution in [3.05, 3.63) is 41.6 Å². The van der Waals surface area contributed by atoms with E-state index in [1.165, 1.54) is 36.3 Å². The van der Waals surface area contributed by atoms with E-state index in [2.05, 4.69) is 39.9 Å². The van der Waals surface area contributed by atoms with Gasteiger partial charge in [0.2, 0.25) is 0 Å². The van der Waals surface area contributed by atoms with Crippen molar-refractivity contribution in [2.24, 2.45) is 0 Å². The maximum atomic E-state index is 5.54. The molecule has 1 aromatic heterocycles. The van der Waals surface area contributed by atoms with E-state index in [1.54, 1.807) is 0 Å². The second kappa shape index (κ2) is 6.13. The molecule has 4 nitrogen and oxygen atoms in total. The van der Waals surface area contributed by atoms with Crippen molar-refractivity contribution in [2.45, 2.75) is 32.1 Å². The number of rotatable bonds is 2. The van der Waals surface area contributed by atoms with Crippen LogP contribution in [0.3, 0.4) is 0 Å². The molecule has 0 amide bonds. The number of para-hydroxylation sites is 1. The molecule has 22 heavy (non-hydrogen) atoms. The van der Waals surface area contributed by atoms with Crippen molar-refractivity contribution >= 4 is 5.82 Å². The van der Waals surface area contributed by atoms with E-state index in [-0.39, 0.29) is 0 Å². The zero-order chi connectivity index (χ0) is 14.8. The van der Waals surface area contributed by atoms with Crippen LogP contribution in [0.15, 0.2) is 30.3 Å². The number of aromatic nitrogens is 2. The van der Waals surface area contributed by atoms with Gasteiger partial charge in [0.25, 0.3) is 0 Å². The number of hydrogen-bond acceptors (Lipinski definition) is 3. The molecule has 2 aliphatic rings. The van der Waals surface area contributed by atoms with Gasteiger partial charge in [-0.1, -0.05) is 24.6 Å². The summed E-state index contributed by atoms with van der Waals surface area (Å²) in [5.74, 6) is 1.31. The normalized spacial score (nSPS) is 18.8. The van der Waals surface area contributed by atoms with Gasteiger partial charge in [-0.15, -0.1) is 0 Å². The monoisotopic (exact) mass is 297 g/mol. The lowest BCUT2D eigenvalue weighted by Crippen LogP contribution is -2.38. The van der Waals surface area contributed by atoms with Crippen LogP contribution >= 0.6 is 0 Å². The number of nitrogens with zero attached hydrogens (tertiary/aromatic N) is 3. The zero-order valence-corrected chi connectivity index (χ0v) is 13.0. The highest BCUT2D eigenvalue weighted by molar-refractivity contribution is 5.56. The summed E-state index contributed by atoms with van der Waals surface area (Å²) in [4.78, 5) is 2.47. The third-order valence-corrected chi connectivity index (χ3v) is 4.69. The molecule has 1 fully saturated rings. The van der Waals surface area contributed by atoms with Gasteiger partial charge >= 0.3 is 0 Å². The third kappa shape index (κ3) is 2.52. The highest BCUT2D eigenvalue weighted by Crippen LogP contribution is 2.32. The lowest BCUT2D eigenvalue weighted by atomic mass is 10.1. The smallest absolute Gasteiger partial charge is 0.136 e. The second-order valence-corrected chi connectivity index (χ2v) is 6.16. The number of benzene rings is 1. The molecule has 2 aromatic rings. The quantitative estimate of drug-likeness (QED) is 0.798. The molecule has 1 aliphatic carbocycles. The van der Waals surface area contributed by atoms with Crippen LogP contribution in [0.4, 0.5) is 5.82 Å². The van der Waals surface area contributed by atoms with E-state index in [4.69, 9.17) is 9.84 Å². The Morgan fingerprint density at radius 2 is 1.68 bits per heavy atom. The van der Waals surface area contributed by atoms with Gasteiger partial charge in [0.05, 0.1) is 24.6 Å². The van der Waals surface area contributed by atoms with Gasteiger partial charge in [0.1, 0.15) is 5.82 Å². The van der Waals surface area contributed by atoms with Gasteiger partial charge < -0.3 is 9.64 Å². The summed E-state index contributed by atoms with van der Waals surface area (Å²) in [6, 6.07) is 10.5. The van der Waals surface area contributed by atoms with Crippen LogP contribution < -0.4 is 4.90 Å². The minimum absolute atomic E-state index is 0.814. The van der Waals surface area contributed by atoms with Gasteiger partial charge in [-0.3, -0.25) is 0 Å². The first-order chi connectivity index (χ1) is 10.9. The molecule has 0 N–H and O–H groups in total. The molecule has 2 heterocycles. The van der Waals surface area contributed by atoms with Crippen molar-refractivity contribution in [1.29, 1.82) is 0 Å². The first-order valence-corrected chi connectivity index (χ1v) is 8.42. The molecule has 0 saturated carbocycles. The Morgan fingerprint density at radius 3 is 2.50 bits per heavy atom. The standard InChI is InChI=1S/C18H23N3O/c1-3-7-15(8-4-1)21-18(20-11-13-22-14-12-20)16-9-5-2-6-10-17(16)19-21/h1,3-4,7-8H,2,5-6,9-14H2. The van der Waals surface area contributed by atoms with Gasteiger partial charge in [-0.25, -0.2) is 4.68 Å². The molecule has 0 spiro atoms. The predicted octanol–water partition coefficient (Wildman–Crippen LogP) is 2.98. The Bertz CT molecular complexity index is 629.